The summed E-state index contributed by atoms with van der Waals surface area (Å²) in [5, 5.41) is 2.97. The first-order chi connectivity index (χ1) is 14.5. The Balaban J connectivity index is 1.40. The minimum absolute atomic E-state index is 0.148. The Kier molecular flexibility index (Phi) is 6.34. The maximum atomic E-state index is 12.9. The molecule has 2 amide bonds. The van der Waals surface area contributed by atoms with Crippen molar-refractivity contribution in [2.45, 2.75) is 13.0 Å². The molecule has 4 rings (SSSR count). The minimum atomic E-state index is -0.652. The van der Waals surface area contributed by atoms with Crippen molar-refractivity contribution in [3.63, 3.8) is 0 Å². The van der Waals surface area contributed by atoms with Crippen molar-refractivity contribution in [1.29, 1.82) is 0 Å². The summed E-state index contributed by atoms with van der Waals surface area (Å²) >= 11 is 3.49. The number of pyridine rings is 1. The number of benzene rings is 1. The third kappa shape index (κ3) is 4.34. The molecule has 1 aromatic carbocycles. The fourth-order valence-electron chi connectivity index (χ4n) is 4.01. The average Bonchev–Trinajstić information content (AvgIpc) is 3.14. The van der Waals surface area contributed by atoms with Crippen molar-refractivity contribution in [2.24, 2.45) is 5.92 Å². The summed E-state index contributed by atoms with van der Waals surface area (Å²) < 4.78 is 0.853. The van der Waals surface area contributed by atoms with Gasteiger partial charge in [-0.1, -0.05) is 18.2 Å². The molecule has 158 valence electrons. The molecule has 0 spiro atoms. The second kappa shape index (κ2) is 9.14. The van der Waals surface area contributed by atoms with E-state index in [4.69, 9.17) is 0 Å². The van der Waals surface area contributed by atoms with E-state index in [9.17, 15) is 9.59 Å². The topological polar surface area (TPSA) is 68.8 Å². The number of para-hydroxylation sites is 1. The molecule has 1 aromatic heterocycles. The van der Waals surface area contributed by atoms with Gasteiger partial charge in [-0.3, -0.25) is 9.59 Å². The molecule has 1 unspecified atom stereocenters. The van der Waals surface area contributed by atoms with Crippen molar-refractivity contribution in [3.05, 3.63) is 52.6 Å². The van der Waals surface area contributed by atoms with Crippen molar-refractivity contribution in [1.82, 2.24) is 15.2 Å². The number of nitrogens with one attached hydrogen (secondary N) is 1. The summed E-state index contributed by atoms with van der Waals surface area (Å²) in [5.74, 6) is -0.105. The monoisotopic (exact) mass is 471 g/mol. The molecular formula is C22H26BrN5O2. The maximum Gasteiger partial charge on any atom is 0.239 e. The lowest BCUT2D eigenvalue weighted by Gasteiger charge is -2.34. The van der Waals surface area contributed by atoms with E-state index in [0.29, 0.717) is 19.5 Å². The van der Waals surface area contributed by atoms with Crippen LogP contribution in [-0.2, 0) is 16.1 Å². The Morgan fingerprint density at radius 1 is 1.13 bits per heavy atom. The molecule has 0 aliphatic carbocycles. The Hall–Kier alpha value is -2.45. The third-order valence-electron chi connectivity index (χ3n) is 5.79. The van der Waals surface area contributed by atoms with E-state index in [0.717, 1.165) is 47.7 Å². The highest BCUT2D eigenvalue weighted by Gasteiger charge is 2.38. The van der Waals surface area contributed by atoms with Crippen LogP contribution in [0.2, 0.25) is 0 Å². The van der Waals surface area contributed by atoms with Crippen molar-refractivity contribution >= 4 is 39.2 Å². The van der Waals surface area contributed by atoms with Gasteiger partial charge >= 0.3 is 0 Å². The average molecular weight is 472 g/mol. The van der Waals surface area contributed by atoms with Gasteiger partial charge in [0.15, 0.2) is 0 Å². The molecular weight excluding hydrogens is 446 g/mol. The van der Waals surface area contributed by atoms with Gasteiger partial charge in [-0.05, 0) is 47.6 Å². The fourth-order valence-corrected chi connectivity index (χ4v) is 4.51. The first kappa shape index (κ1) is 20.8. The Labute approximate surface area is 185 Å². The number of anilines is 2. The quantitative estimate of drug-likeness (QED) is 0.677. The molecule has 30 heavy (non-hydrogen) atoms. The van der Waals surface area contributed by atoms with Gasteiger partial charge in [0.05, 0.1) is 5.69 Å². The highest BCUT2D eigenvalue weighted by atomic mass is 79.9. The van der Waals surface area contributed by atoms with Crippen LogP contribution in [-0.4, -0.2) is 61.5 Å². The lowest BCUT2D eigenvalue weighted by molar-refractivity contribution is -0.132. The number of piperazine rings is 1. The number of amides is 2. The number of nitrogens with zero attached hydrogens (tertiary/aromatic N) is 4. The molecule has 0 saturated carbocycles. The lowest BCUT2D eigenvalue weighted by atomic mass is 10.1. The van der Waals surface area contributed by atoms with Crippen LogP contribution in [0.15, 0.2) is 47.1 Å². The molecule has 0 radical (unpaired) electrons. The molecule has 2 aliphatic rings. The van der Waals surface area contributed by atoms with Gasteiger partial charge in [0, 0.05) is 55.5 Å². The number of carbonyl (C=O) groups excluding carboxylic acids is 2. The molecule has 1 atom stereocenters. The molecule has 0 bridgehead atoms. The number of carbonyl (C=O) groups is 2. The van der Waals surface area contributed by atoms with Gasteiger partial charge < -0.3 is 20.0 Å². The largest absolute Gasteiger partial charge is 0.354 e. The van der Waals surface area contributed by atoms with E-state index in [1.807, 2.05) is 36.4 Å². The highest BCUT2D eigenvalue weighted by Crippen LogP contribution is 2.31. The SMILES string of the molecule is CN1CCN(c2ncccc2CNC(=O)C2CCN(c3ccccc3Br)C2=O)CC1. The molecule has 7 nitrogen and oxygen atoms in total. The van der Waals surface area contributed by atoms with Crippen molar-refractivity contribution < 1.29 is 9.59 Å². The molecule has 1 N–H and O–H groups in total. The number of hydrogen-bond acceptors (Lipinski definition) is 5. The van der Waals surface area contributed by atoms with E-state index < -0.39 is 5.92 Å². The third-order valence-corrected chi connectivity index (χ3v) is 6.46. The molecule has 2 saturated heterocycles. The smallest absolute Gasteiger partial charge is 0.239 e. The maximum absolute atomic E-state index is 12.9. The van der Waals surface area contributed by atoms with Crippen LogP contribution in [0.3, 0.4) is 0 Å². The van der Waals surface area contributed by atoms with E-state index in [2.05, 4.69) is 43.1 Å². The standard InChI is InChI=1S/C22H26BrN5O2/c1-26-11-13-27(14-12-26)20-16(5-4-9-24-20)15-25-21(29)17-8-10-28(22(17)30)19-7-3-2-6-18(19)23/h2-7,9,17H,8,10-15H2,1H3,(H,25,29). The van der Waals surface area contributed by atoms with Crippen LogP contribution in [0.1, 0.15) is 12.0 Å². The summed E-state index contributed by atoms with van der Waals surface area (Å²) in [5.41, 5.74) is 1.78. The summed E-state index contributed by atoms with van der Waals surface area (Å²) in [7, 11) is 2.12. The summed E-state index contributed by atoms with van der Waals surface area (Å²) in [4.78, 5) is 36.5. The predicted molar refractivity (Wildman–Crippen MR) is 120 cm³/mol. The summed E-state index contributed by atoms with van der Waals surface area (Å²) in [6.45, 7) is 4.72. The number of hydrogen-bond donors (Lipinski definition) is 1. The first-order valence-corrected chi connectivity index (χ1v) is 11.0. The van der Waals surface area contributed by atoms with Crippen molar-refractivity contribution in [2.75, 3.05) is 49.6 Å². The van der Waals surface area contributed by atoms with Gasteiger partial charge in [-0.2, -0.15) is 0 Å². The van der Waals surface area contributed by atoms with Crippen LogP contribution < -0.4 is 15.1 Å². The molecule has 8 heteroatoms. The zero-order chi connectivity index (χ0) is 21.1. The summed E-state index contributed by atoms with van der Waals surface area (Å²) in [6, 6.07) is 11.5. The van der Waals surface area contributed by atoms with Crippen LogP contribution >= 0.6 is 15.9 Å². The number of rotatable bonds is 5. The van der Waals surface area contributed by atoms with Crippen LogP contribution in [0, 0.1) is 5.92 Å². The van der Waals surface area contributed by atoms with Crippen LogP contribution in [0.5, 0.6) is 0 Å². The molecule has 2 aliphatic heterocycles. The van der Waals surface area contributed by atoms with E-state index in [1.165, 1.54) is 0 Å². The van der Waals surface area contributed by atoms with E-state index >= 15 is 0 Å². The van der Waals surface area contributed by atoms with Crippen LogP contribution in [0.4, 0.5) is 11.5 Å². The van der Waals surface area contributed by atoms with E-state index in [-0.39, 0.29) is 11.8 Å². The number of aromatic nitrogens is 1. The van der Waals surface area contributed by atoms with E-state index in [1.54, 1.807) is 11.1 Å². The Morgan fingerprint density at radius 3 is 2.67 bits per heavy atom. The molecule has 2 fully saturated rings. The number of likely N-dealkylation sites (N-methyl/N-ethyl adjacent to an activating group) is 1. The van der Waals surface area contributed by atoms with Gasteiger partial charge in [0.25, 0.3) is 0 Å². The Bertz CT molecular complexity index is 929. The fraction of sp³-hybridized carbons (Fsp3) is 0.409. The zero-order valence-electron chi connectivity index (χ0n) is 17.1. The van der Waals surface area contributed by atoms with Gasteiger partial charge in [-0.15, -0.1) is 0 Å². The minimum Gasteiger partial charge on any atom is -0.354 e. The predicted octanol–water partition coefficient (Wildman–Crippen LogP) is 2.27. The zero-order valence-corrected chi connectivity index (χ0v) is 18.6. The molecule has 3 heterocycles. The lowest BCUT2D eigenvalue weighted by Crippen LogP contribution is -2.45. The summed E-state index contributed by atoms with van der Waals surface area (Å²) in [6.07, 6.45) is 2.30. The second-order valence-corrected chi connectivity index (χ2v) is 8.63. The Morgan fingerprint density at radius 2 is 1.90 bits per heavy atom. The van der Waals surface area contributed by atoms with Gasteiger partial charge in [-0.25, -0.2) is 4.98 Å². The first-order valence-electron chi connectivity index (χ1n) is 10.3. The second-order valence-electron chi connectivity index (χ2n) is 7.78. The van der Waals surface area contributed by atoms with Crippen LogP contribution in [0.25, 0.3) is 0 Å². The molecule has 2 aromatic rings. The normalized spacial score (nSPS) is 19.9. The van der Waals surface area contributed by atoms with Gasteiger partial charge in [0.1, 0.15) is 11.7 Å². The number of halogens is 1. The highest BCUT2D eigenvalue weighted by molar-refractivity contribution is 9.10. The van der Waals surface area contributed by atoms with Crippen molar-refractivity contribution in [3.8, 4) is 0 Å². The van der Waals surface area contributed by atoms with Gasteiger partial charge in [0.2, 0.25) is 11.8 Å².